The number of methoxy groups -OCH3 is 1. The second kappa shape index (κ2) is 8.79. The lowest BCUT2D eigenvalue weighted by Crippen LogP contribution is -2.61. The summed E-state index contributed by atoms with van der Waals surface area (Å²) in [4.78, 5) is 18.2. The van der Waals surface area contributed by atoms with Gasteiger partial charge in [0, 0.05) is 50.2 Å². The first-order valence-electron chi connectivity index (χ1n) is 11.4. The minimum absolute atomic E-state index is 0.0891. The molecule has 0 bridgehead atoms. The van der Waals surface area contributed by atoms with Gasteiger partial charge in [-0.3, -0.25) is 4.79 Å². The van der Waals surface area contributed by atoms with Crippen LogP contribution in [0.2, 0.25) is 0 Å². The molecule has 164 valence electrons. The quantitative estimate of drug-likeness (QED) is 0.805. The smallest absolute Gasteiger partial charge is 0.225 e. The summed E-state index contributed by atoms with van der Waals surface area (Å²) < 4.78 is 11.2. The number of ether oxygens (including phenoxy) is 2. The number of hydrogen-bond acceptors (Lipinski definition) is 5. The molecule has 3 aliphatic heterocycles. The number of nitrogens with zero attached hydrogens (tertiary/aromatic N) is 2. The molecule has 2 aromatic carbocycles. The summed E-state index contributed by atoms with van der Waals surface area (Å²) in [6.07, 6.45) is 3.03. The van der Waals surface area contributed by atoms with Crippen LogP contribution >= 0.6 is 0 Å². The molecular weight excluding hydrogens is 390 g/mol. The molecule has 3 aliphatic rings. The largest absolute Gasteiger partial charge is 0.497 e. The van der Waals surface area contributed by atoms with E-state index in [1.54, 1.807) is 7.11 Å². The molecule has 3 atom stereocenters. The fourth-order valence-electron chi connectivity index (χ4n) is 5.23. The van der Waals surface area contributed by atoms with Crippen LogP contribution in [0.1, 0.15) is 18.4 Å². The lowest BCUT2D eigenvalue weighted by molar-refractivity contribution is -0.126. The molecule has 2 saturated heterocycles. The zero-order valence-corrected chi connectivity index (χ0v) is 18.1. The van der Waals surface area contributed by atoms with E-state index in [1.165, 1.54) is 16.9 Å². The van der Waals surface area contributed by atoms with Crippen molar-refractivity contribution in [2.75, 3.05) is 49.7 Å². The van der Waals surface area contributed by atoms with E-state index in [0.29, 0.717) is 6.54 Å². The predicted octanol–water partition coefficient (Wildman–Crippen LogP) is 2.86. The average molecular weight is 422 g/mol. The predicted molar refractivity (Wildman–Crippen MR) is 122 cm³/mol. The van der Waals surface area contributed by atoms with Crippen LogP contribution in [0.25, 0.3) is 0 Å². The summed E-state index contributed by atoms with van der Waals surface area (Å²) in [7, 11) is 1.71. The Morgan fingerprint density at radius 1 is 1.19 bits per heavy atom. The first-order chi connectivity index (χ1) is 15.2. The number of fused-ring (bicyclic) bond motifs is 3. The Morgan fingerprint density at radius 3 is 2.84 bits per heavy atom. The SMILES string of the molecule is COc1ccc2c(c1)N1CCN(c3ccccc3)C[C@@H]1[C@@H](C(=O)NC[C@H]1CCCO1)C2. The Labute approximate surface area is 184 Å². The van der Waals surface area contributed by atoms with Crippen molar-refractivity contribution in [1.82, 2.24) is 5.32 Å². The number of nitrogens with one attached hydrogen (secondary N) is 1. The van der Waals surface area contributed by atoms with E-state index in [0.717, 1.165) is 51.3 Å². The van der Waals surface area contributed by atoms with Gasteiger partial charge in [0.1, 0.15) is 5.75 Å². The number of amides is 1. The third-order valence-electron chi connectivity index (χ3n) is 6.91. The molecule has 2 aromatic rings. The Hall–Kier alpha value is -2.73. The van der Waals surface area contributed by atoms with Gasteiger partial charge in [0.25, 0.3) is 0 Å². The molecule has 0 radical (unpaired) electrons. The topological polar surface area (TPSA) is 54.0 Å². The fraction of sp³-hybridized carbons (Fsp3) is 0.480. The molecule has 1 N–H and O–H groups in total. The van der Waals surface area contributed by atoms with Gasteiger partial charge in [0.2, 0.25) is 5.91 Å². The summed E-state index contributed by atoms with van der Waals surface area (Å²) in [5.41, 5.74) is 3.65. The lowest BCUT2D eigenvalue weighted by atomic mass is 9.83. The van der Waals surface area contributed by atoms with Crippen molar-refractivity contribution >= 4 is 17.3 Å². The second-order valence-electron chi connectivity index (χ2n) is 8.73. The summed E-state index contributed by atoms with van der Waals surface area (Å²) >= 11 is 0. The van der Waals surface area contributed by atoms with Crippen LogP contribution in [0, 0.1) is 5.92 Å². The van der Waals surface area contributed by atoms with Crippen molar-refractivity contribution < 1.29 is 14.3 Å². The molecule has 2 fully saturated rings. The molecule has 0 aliphatic carbocycles. The van der Waals surface area contributed by atoms with Crippen molar-refractivity contribution in [2.24, 2.45) is 5.92 Å². The van der Waals surface area contributed by atoms with Gasteiger partial charge in [0.05, 0.1) is 25.2 Å². The number of carbonyl (C=O) groups excluding carboxylic acids is 1. The number of para-hydroxylation sites is 1. The molecule has 3 heterocycles. The van der Waals surface area contributed by atoms with E-state index in [-0.39, 0.29) is 24.0 Å². The van der Waals surface area contributed by atoms with Crippen molar-refractivity contribution in [3.8, 4) is 5.75 Å². The summed E-state index contributed by atoms with van der Waals surface area (Å²) in [6, 6.07) is 16.9. The highest BCUT2D eigenvalue weighted by atomic mass is 16.5. The standard InChI is InChI=1S/C25H31N3O3/c1-30-20-10-9-18-14-22(25(29)26-16-21-8-5-13-31-21)24-17-27(19-6-3-2-4-7-19)11-12-28(24)23(18)15-20/h2-4,6-7,9-10,15,21-22,24H,5,8,11-14,16-17H2,1H3,(H,26,29)/t21-,22+,24-/m1/s1. The molecule has 0 unspecified atom stereocenters. The normalized spacial score (nSPS) is 25.0. The van der Waals surface area contributed by atoms with E-state index in [4.69, 9.17) is 9.47 Å². The molecule has 5 rings (SSSR count). The number of rotatable bonds is 5. The molecule has 0 spiro atoms. The Balaban J connectivity index is 1.40. The molecular formula is C25H31N3O3. The van der Waals surface area contributed by atoms with Crippen molar-refractivity contribution in [1.29, 1.82) is 0 Å². The van der Waals surface area contributed by atoms with E-state index < -0.39 is 0 Å². The van der Waals surface area contributed by atoms with E-state index in [2.05, 4.69) is 51.5 Å². The molecule has 6 heteroatoms. The van der Waals surface area contributed by atoms with Gasteiger partial charge in [-0.05, 0) is 43.0 Å². The van der Waals surface area contributed by atoms with E-state index >= 15 is 0 Å². The highest BCUT2D eigenvalue weighted by Crippen LogP contribution is 2.39. The third kappa shape index (κ3) is 4.09. The maximum absolute atomic E-state index is 13.3. The highest BCUT2D eigenvalue weighted by Gasteiger charge is 2.42. The molecule has 0 saturated carbocycles. The van der Waals surface area contributed by atoms with Crippen LogP contribution in [-0.2, 0) is 16.0 Å². The van der Waals surface area contributed by atoms with Gasteiger partial charge in [-0.1, -0.05) is 24.3 Å². The van der Waals surface area contributed by atoms with Crippen LogP contribution in [0.15, 0.2) is 48.5 Å². The van der Waals surface area contributed by atoms with Gasteiger partial charge in [-0.15, -0.1) is 0 Å². The maximum Gasteiger partial charge on any atom is 0.225 e. The zero-order valence-electron chi connectivity index (χ0n) is 18.1. The summed E-state index contributed by atoms with van der Waals surface area (Å²) in [6.45, 7) is 4.07. The van der Waals surface area contributed by atoms with Crippen LogP contribution in [0.3, 0.4) is 0 Å². The number of carbonyl (C=O) groups is 1. The molecule has 31 heavy (non-hydrogen) atoms. The van der Waals surface area contributed by atoms with Gasteiger partial charge >= 0.3 is 0 Å². The zero-order chi connectivity index (χ0) is 21.2. The third-order valence-corrected chi connectivity index (χ3v) is 6.91. The van der Waals surface area contributed by atoms with Crippen molar-refractivity contribution in [2.45, 2.75) is 31.4 Å². The van der Waals surface area contributed by atoms with Crippen molar-refractivity contribution in [3.63, 3.8) is 0 Å². The summed E-state index contributed by atoms with van der Waals surface area (Å²) in [5.74, 6) is 0.917. The second-order valence-corrected chi connectivity index (χ2v) is 8.73. The van der Waals surface area contributed by atoms with Gasteiger partial charge < -0.3 is 24.6 Å². The van der Waals surface area contributed by atoms with Crippen LogP contribution in [0.4, 0.5) is 11.4 Å². The first-order valence-corrected chi connectivity index (χ1v) is 11.4. The number of anilines is 2. The number of piperazine rings is 1. The first kappa shape index (κ1) is 20.2. The van der Waals surface area contributed by atoms with E-state index in [9.17, 15) is 4.79 Å². The van der Waals surface area contributed by atoms with Gasteiger partial charge in [-0.25, -0.2) is 0 Å². The van der Waals surface area contributed by atoms with Crippen LogP contribution in [-0.4, -0.2) is 57.9 Å². The van der Waals surface area contributed by atoms with E-state index in [1.807, 2.05) is 12.1 Å². The fourth-order valence-corrected chi connectivity index (χ4v) is 5.23. The lowest BCUT2D eigenvalue weighted by Gasteiger charge is -2.49. The molecule has 6 nitrogen and oxygen atoms in total. The van der Waals surface area contributed by atoms with Gasteiger partial charge in [-0.2, -0.15) is 0 Å². The van der Waals surface area contributed by atoms with Crippen LogP contribution < -0.4 is 19.9 Å². The highest BCUT2D eigenvalue weighted by molar-refractivity contribution is 5.82. The number of benzene rings is 2. The molecule has 0 aromatic heterocycles. The monoisotopic (exact) mass is 421 g/mol. The van der Waals surface area contributed by atoms with Gasteiger partial charge in [0.15, 0.2) is 0 Å². The number of hydrogen-bond donors (Lipinski definition) is 1. The maximum atomic E-state index is 13.3. The Morgan fingerprint density at radius 2 is 2.06 bits per heavy atom. The Bertz CT molecular complexity index is 913. The summed E-state index contributed by atoms with van der Waals surface area (Å²) in [5, 5.41) is 3.20. The minimum atomic E-state index is -0.0891. The minimum Gasteiger partial charge on any atom is -0.497 e. The average Bonchev–Trinajstić information content (AvgIpc) is 3.35. The Kier molecular flexibility index (Phi) is 5.72. The van der Waals surface area contributed by atoms with Crippen LogP contribution in [0.5, 0.6) is 5.75 Å². The van der Waals surface area contributed by atoms with Crippen molar-refractivity contribution in [3.05, 3.63) is 54.1 Å². The molecule has 1 amide bonds.